The molecule has 0 bridgehead atoms. The van der Waals surface area contributed by atoms with Crippen LogP contribution in [0.5, 0.6) is 0 Å². The maximum atomic E-state index is 6.08. The van der Waals surface area contributed by atoms with Crippen LogP contribution >= 0.6 is 11.6 Å². The molecule has 1 aromatic heterocycles. The fraction of sp³-hybridized carbons (Fsp3) is 0.500. The Labute approximate surface area is 136 Å². The van der Waals surface area contributed by atoms with E-state index in [4.69, 9.17) is 11.6 Å². The first-order valence-electron chi connectivity index (χ1n) is 7.74. The third kappa shape index (κ3) is 3.42. The number of hydrogen-bond acceptors (Lipinski definition) is 4. The zero-order chi connectivity index (χ0) is 15.5. The largest absolute Gasteiger partial charge is 0.371 e. The number of hydrogen-bond donors (Lipinski definition) is 1. The number of nitrogens with zero attached hydrogens (tertiary/aromatic N) is 4. The summed E-state index contributed by atoms with van der Waals surface area (Å²) < 4.78 is 1.83. The molecule has 2 aromatic rings. The molecule has 3 rings (SSSR count). The highest BCUT2D eigenvalue weighted by Crippen LogP contribution is 2.24. The molecule has 1 fully saturated rings. The molecule has 0 spiro atoms. The van der Waals surface area contributed by atoms with Crippen molar-refractivity contribution in [1.29, 1.82) is 0 Å². The van der Waals surface area contributed by atoms with E-state index in [0.29, 0.717) is 6.04 Å². The predicted octanol–water partition coefficient (Wildman–Crippen LogP) is 2.79. The van der Waals surface area contributed by atoms with Gasteiger partial charge in [-0.3, -0.25) is 4.68 Å². The van der Waals surface area contributed by atoms with Crippen LogP contribution in [0.1, 0.15) is 31.6 Å². The molecule has 1 aliphatic heterocycles. The van der Waals surface area contributed by atoms with Crippen LogP contribution in [0.3, 0.4) is 0 Å². The average Bonchev–Trinajstić information content (AvgIpc) is 2.94. The predicted molar refractivity (Wildman–Crippen MR) is 89.2 cm³/mol. The van der Waals surface area contributed by atoms with E-state index >= 15 is 0 Å². The molecule has 1 N–H and O–H groups in total. The van der Waals surface area contributed by atoms with Crippen molar-refractivity contribution in [1.82, 2.24) is 20.1 Å². The van der Waals surface area contributed by atoms with Gasteiger partial charge in [-0.25, -0.2) is 4.98 Å². The number of rotatable bonds is 4. The molecule has 1 aliphatic rings. The topological polar surface area (TPSA) is 46.0 Å². The standard InChI is InChI=1S/C16H22ClN5/c1-12(16-18-11-19-21(16)2)20-14-6-8-22(9-7-14)15-5-3-4-13(17)10-15/h3-5,10-12,14,20H,6-9H2,1-2H3/t12-/m0/s1. The van der Waals surface area contributed by atoms with E-state index in [2.05, 4.69) is 33.3 Å². The lowest BCUT2D eigenvalue weighted by Crippen LogP contribution is -2.43. The van der Waals surface area contributed by atoms with Gasteiger partial charge < -0.3 is 10.2 Å². The van der Waals surface area contributed by atoms with Gasteiger partial charge in [0.1, 0.15) is 12.2 Å². The lowest BCUT2D eigenvalue weighted by molar-refractivity contribution is 0.368. The Balaban J connectivity index is 1.55. The van der Waals surface area contributed by atoms with Crippen LogP contribution in [0.4, 0.5) is 5.69 Å². The molecule has 0 amide bonds. The molecule has 1 aromatic carbocycles. The van der Waals surface area contributed by atoms with Crippen LogP contribution in [-0.4, -0.2) is 33.9 Å². The molecular formula is C16H22ClN5. The molecule has 5 nitrogen and oxygen atoms in total. The quantitative estimate of drug-likeness (QED) is 0.941. The molecule has 0 radical (unpaired) electrons. The number of nitrogens with one attached hydrogen (secondary N) is 1. The molecule has 1 saturated heterocycles. The first-order valence-corrected chi connectivity index (χ1v) is 8.12. The van der Waals surface area contributed by atoms with Crippen LogP contribution in [0.15, 0.2) is 30.6 Å². The van der Waals surface area contributed by atoms with Gasteiger partial charge in [0.25, 0.3) is 0 Å². The third-order valence-corrected chi connectivity index (χ3v) is 4.52. The van der Waals surface area contributed by atoms with Crippen LogP contribution in [0.2, 0.25) is 5.02 Å². The van der Waals surface area contributed by atoms with E-state index in [-0.39, 0.29) is 6.04 Å². The van der Waals surface area contributed by atoms with Crippen LogP contribution in [-0.2, 0) is 7.05 Å². The lowest BCUT2D eigenvalue weighted by atomic mass is 10.0. The van der Waals surface area contributed by atoms with E-state index in [9.17, 15) is 0 Å². The molecule has 2 heterocycles. The summed E-state index contributed by atoms with van der Waals surface area (Å²) in [5.41, 5.74) is 1.22. The summed E-state index contributed by atoms with van der Waals surface area (Å²) in [5, 5.41) is 8.60. The Morgan fingerprint density at radius 1 is 1.32 bits per heavy atom. The van der Waals surface area contributed by atoms with Crippen molar-refractivity contribution in [3.8, 4) is 0 Å². The molecule has 1 atom stereocenters. The summed E-state index contributed by atoms with van der Waals surface area (Å²) in [4.78, 5) is 6.72. The Morgan fingerprint density at radius 2 is 2.09 bits per heavy atom. The van der Waals surface area contributed by atoms with Crippen molar-refractivity contribution in [2.75, 3.05) is 18.0 Å². The summed E-state index contributed by atoms with van der Waals surface area (Å²) in [7, 11) is 1.93. The van der Waals surface area contributed by atoms with Gasteiger partial charge in [0.2, 0.25) is 0 Å². The van der Waals surface area contributed by atoms with Crippen LogP contribution in [0.25, 0.3) is 0 Å². The number of aromatic nitrogens is 3. The number of aryl methyl sites for hydroxylation is 1. The highest BCUT2D eigenvalue weighted by atomic mass is 35.5. The second kappa shape index (κ2) is 6.67. The zero-order valence-electron chi connectivity index (χ0n) is 13.0. The molecule has 0 saturated carbocycles. The highest BCUT2D eigenvalue weighted by Gasteiger charge is 2.22. The summed E-state index contributed by atoms with van der Waals surface area (Å²) in [6.45, 7) is 4.24. The summed E-state index contributed by atoms with van der Waals surface area (Å²) in [6.07, 6.45) is 3.85. The molecule has 6 heteroatoms. The average molecular weight is 320 g/mol. The minimum atomic E-state index is 0.218. The minimum absolute atomic E-state index is 0.218. The van der Waals surface area contributed by atoms with E-state index in [1.165, 1.54) is 5.69 Å². The van der Waals surface area contributed by atoms with Gasteiger partial charge in [-0.1, -0.05) is 17.7 Å². The number of benzene rings is 1. The second-order valence-electron chi connectivity index (χ2n) is 5.87. The third-order valence-electron chi connectivity index (χ3n) is 4.29. The van der Waals surface area contributed by atoms with Gasteiger partial charge in [-0.2, -0.15) is 5.10 Å². The van der Waals surface area contributed by atoms with Crippen molar-refractivity contribution in [2.45, 2.75) is 31.8 Å². The Kier molecular flexibility index (Phi) is 4.64. The number of anilines is 1. The van der Waals surface area contributed by atoms with Gasteiger partial charge in [0.05, 0.1) is 6.04 Å². The normalized spacial score (nSPS) is 17.7. The summed E-state index contributed by atoms with van der Waals surface area (Å²) in [5.74, 6) is 0.984. The molecule has 118 valence electrons. The molecule has 22 heavy (non-hydrogen) atoms. The van der Waals surface area contributed by atoms with E-state index in [1.807, 2.05) is 29.9 Å². The number of piperidine rings is 1. The summed E-state index contributed by atoms with van der Waals surface area (Å²) in [6, 6.07) is 8.83. The van der Waals surface area contributed by atoms with Crippen LogP contribution in [0, 0.1) is 0 Å². The van der Waals surface area contributed by atoms with Crippen molar-refractivity contribution in [2.24, 2.45) is 7.05 Å². The van der Waals surface area contributed by atoms with Gasteiger partial charge in [-0.15, -0.1) is 0 Å². The van der Waals surface area contributed by atoms with E-state index < -0.39 is 0 Å². The first-order chi connectivity index (χ1) is 10.6. The fourth-order valence-corrected chi connectivity index (χ4v) is 3.29. The molecule has 0 unspecified atom stereocenters. The lowest BCUT2D eigenvalue weighted by Gasteiger charge is -2.35. The second-order valence-corrected chi connectivity index (χ2v) is 6.31. The Hall–Kier alpha value is -1.59. The monoisotopic (exact) mass is 319 g/mol. The SMILES string of the molecule is C[C@H](NC1CCN(c2cccc(Cl)c2)CC1)c1ncnn1C. The van der Waals surface area contributed by atoms with Crippen molar-refractivity contribution in [3.63, 3.8) is 0 Å². The minimum Gasteiger partial charge on any atom is -0.371 e. The first kappa shape index (κ1) is 15.3. The fourth-order valence-electron chi connectivity index (χ4n) is 3.10. The molecular weight excluding hydrogens is 298 g/mol. The van der Waals surface area contributed by atoms with Gasteiger partial charge in [0.15, 0.2) is 0 Å². The maximum Gasteiger partial charge on any atom is 0.143 e. The Bertz CT molecular complexity index is 619. The van der Waals surface area contributed by atoms with Crippen molar-refractivity contribution >= 4 is 17.3 Å². The zero-order valence-corrected chi connectivity index (χ0v) is 13.8. The number of halogens is 1. The smallest absolute Gasteiger partial charge is 0.143 e. The Morgan fingerprint density at radius 3 is 2.73 bits per heavy atom. The summed E-state index contributed by atoms with van der Waals surface area (Å²) >= 11 is 6.08. The van der Waals surface area contributed by atoms with Crippen molar-refractivity contribution in [3.05, 3.63) is 41.4 Å². The highest BCUT2D eigenvalue weighted by molar-refractivity contribution is 6.30. The van der Waals surface area contributed by atoms with Crippen LogP contribution < -0.4 is 10.2 Å². The van der Waals surface area contributed by atoms with Gasteiger partial charge in [0, 0.05) is 36.9 Å². The van der Waals surface area contributed by atoms with E-state index in [1.54, 1.807) is 6.33 Å². The molecule has 0 aliphatic carbocycles. The maximum absolute atomic E-state index is 6.08. The van der Waals surface area contributed by atoms with Gasteiger partial charge in [-0.05, 0) is 38.0 Å². The van der Waals surface area contributed by atoms with E-state index in [0.717, 1.165) is 36.8 Å². The van der Waals surface area contributed by atoms with Gasteiger partial charge >= 0.3 is 0 Å². The van der Waals surface area contributed by atoms with Crippen molar-refractivity contribution < 1.29 is 0 Å².